The first-order valence-electron chi connectivity index (χ1n) is 13.6. The van der Waals surface area contributed by atoms with E-state index in [4.69, 9.17) is 14.5 Å². The second-order valence-corrected chi connectivity index (χ2v) is 12.3. The third-order valence-electron chi connectivity index (χ3n) is 6.71. The Balaban J connectivity index is 1.39. The van der Waals surface area contributed by atoms with Crippen LogP contribution in [-0.2, 0) is 21.3 Å². The van der Waals surface area contributed by atoms with Crippen LogP contribution in [0.1, 0.15) is 29.8 Å². The summed E-state index contributed by atoms with van der Waals surface area (Å²) in [7, 11) is -3.82. The maximum atomic E-state index is 13.9. The number of carbonyl (C=O) groups is 2. The van der Waals surface area contributed by atoms with Gasteiger partial charge in [-0.15, -0.1) is 0 Å². The number of aromatic nitrogens is 2. The lowest BCUT2D eigenvalue weighted by molar-refractivity contribution is 0.0933. The highest BCUT2D eigenvalue weighted by Gasteiger charge is 2.31. The Bertz CT molecular complexity index is 1650. The molecule has 11 nitrogen and oxygen atoms in total. The van der Waals surface area contributed by atoms with Gasteiger partial charge in [0.05, 0.1) is 29.4 Å². The van der Waals surface area contributed by atoms with Crippen molar-refractivity contribution in [2.75, 3.05) is 44.3 Å². The summed E-state index contributed by atoms with van der Waals surface area (Å²) in [4.78, 5) is 37.9. The second kappa shape index (κ2) is 12.8. The maximum Gasteiger partial charge on any atom is 0.409 e. The highest BCUT2D eigenvalue weighted by Crippen LogP contribution is 2.35. The van der Waals surface area contributed by atoms with E-state index in [2.05, 4.69) is 4.98 Å². The molecule has 220 valence electrons. The van der Waals surface area contributed by atoms with Crippen molar-refractivity contribution in [3.63, 3.8) is 0 Å². The topological polar surface area (TPSA) is 122 Å². The number of hydrogen-bond donors (Lipinski definition) is 0. The largest absolute Gasteiger partial charge is 0.492 e. The van der Waals surface area contributed by atoms with Crippen LogP contribution in [0.4, 0.5) is 9.93 Å². The van der Waals surface area contributed by atoms with Crippen LogP contribution < -0.4 is 9.64 Å². The standard InChI is InChI=1S/C29H31N5O6S2/c1-3-39-24-8-5-9-25-26(24)31-28(41-25)34(20-21-7-6-14-30-19-21)27(35)22-10-12-23(13-11-22)42(37,38)33-17-15-32(16-18-33)29(36)40-4-2/h5-14,19H,3-4,15-18,20H2,1-2H3. The highest BCUT2D eigenvalue weighted by molar-refractivity contribution is 7.89. The molecule has 0 saturated carbocycles. The third kappa shape index (κ3) is 6.22. The molecule has 1 fully saturated rings. The average Bonchev–Trinajstić information content (AvgIpc) is 3.46. The zero-order valence-corrected chi connectivity index (χ0v) is 24.9. The van der Waals surface area contributed by atoms with Crippen LogP contribution in [0.3, 0.4) is 0 Å². The summed E-state index contributed by atoms with van der Waals surface area (Å²) >= 11 is 1.37. The average molecular weight is 610 g/mol. The maximum absolute atomic E-state index is 13.9. The van der Waals surface area contributed by atoms with Crippen molar-refractivity contribution in [2.45, 2.75) is 25.3 Å². The molecule has 0 aliphatic carbocycles. The van der Waals surface area contributed by atoms with Gasteiger partial charge in [-0.3, -0.25) is 14.7 Å². The molecular formula is C29H31N5O6S2. The highest BCUT2D eigenvalue weighted by atomic mass is 32.2. The summed E-state index contributed by atoms with van der Waals surface area (Å²) in [5.74, 6) is 0.312. The Labute approximate surface area is 248 Å². The van der Waals surface area contributed by atoms with E-state index in [0.717, 1.165) is 10.3 Å². The smallest absolute Gasteiger partial charge is 0.409 e. The fourth-order valence-corrected chi connectivity index (χ4v) is 7.00. The molecular weight excluding hydrogens is 578 g/mol. The van der Waals surface area contributed by atoms with Crippen molar-refractivity contribution in [1.82, 2.24) is 19.2 Å². The van der Waals surface area contributed by atoms with Crippen molar-refractivity contribution in [3.8, 4) is 5.75 Å². The van der Waals surface area contributed by atoms with Crippen molar-refractivity contribution in [2.24, 2.45) is 0 Å². The molecule has 2 aromatic carbocycles. The van der Waals surface area contributed by atoms with Gasteiger partial charge in [0.15, 0.2) is 5.13 Å². The van der Waals surface area contributed by atoms with Crippen molar-refractivity contribution >= 4 is 48.7 Å². The van der Waals surface area contributed by atoms with Gasteiger partial charge in [-0.25, -0.2) is 18.2 Å². The van der Waals surface area contributed by atoms with Crippen LogP contribution in [0.15, 0.2) is 71.9 Å². The third-order valence-corrected chi connectivity index (χ3v) is 9.67. The fourth-order valence-electron chi connectivity index (χ4n) is 4.60. The number of carbonyl (C=O) groups excluding carboxylic acids is 2. The van der Waals surface area contributed by atoms with Crippen LogP contribution in [-0.4, -0.2) is 79.0 Å². The first kappa shape index (κ1) is 29.4. The van der Waals surface area contributed by atoms with Gasteiger partial charge >= 0.3 is 6.09 Å². The zero-order chi connectivity index (χ0) is 29.7. The Morgan fingerprint density at radius 2 is 1.74 bits per heavy atom. The fraction of sp³-hybridized carbons (Fsp3) is 0.310. The number of fused-ring (bicyclic) bond motifs is 1. The van der Waals surface area contributed by atoms with Crippen molar-refractivity contribution in [1.29, 1.82) is 0 Å². The number of rotatable bonds is 9. The summed E-state index contributed by atoms with van der Waals surface area (Å²) < 4.78 is 39.6. The van der Waals surface area contributed by atoms with E-state index >= 15 is 0 Å². The van der Waals surface area contributed by atoms with Gasteiger partial charge in [0, 0.05) is 44.1 Å². The second-order valence-electron chi connectivity index (χ2n) is 9.40. The molecule has 0 spiro atoms. The van der Waals surface area contributed by atoms with Gasteiger partial charge in [-0.05, 0) is 61.9 Å². The lowest BCUT2D eigenvalue weighted by atomic mass is 10.2. The molecule has 0 N–H and O–H groups in total. The van der Waals surface area contributed by atoms with Gasteiger partial charge in [-0.1, -0.05) is 23.5 Å². The first-order chi connectivity index (χ1) is 20.3. The van der Waals surface area contributed by atoms with E-state index in [0.29, 0.717) is 28.6 Å². The normalized spacial score (nSPS) is 14.1. The summed E-state index contributed by atoms with van der Waals surface area (Å²) in [5, 5.41) is 0.488. The number of thiazole rings is 1. The Morgan fingerprint density at radius 3 is 2.40 bits per heavy atom. The number of ether oxygens (including phenoxy) is 2. The van der Waals surface area contributed by atoms with E-state index < -0.39 is 16.1 Å². The van der Waals surface area contributed by atoms with Crippen LogP contribution in [0.2, 0.25) is 0 Å². The molecule has 0 atom stereocenters. The number of anilines is 1. The predicted octanol–water partition coefficient (Wildman–Crippen LogP) is 4.40. The molecule has 0 radical (unpaired) electrons. The van der Waals surface area contributed by atoms with Crippen LogP contribution in [0, 0.1) is 0 Å². The number of hydrogen-bond acceptors (Lipinski definition) is 9. The Morgan fingerprint density at radius 1 is 0.976 bits per heavy atom. The molecule has 1 aliphatic rings. The first-order valence-corrected chi connectivity index (χ1v) is 15.8. The molecule has 0 unspecified atom stereocenters. The van der Waals surface area contributed by atoms with Gasteiger partial charge in [0.1, 0.15) is 11.3 Å². The molecule has 1 aliphatic heterocycles. The van der Waals surface area contributed by atoms with Crippen LogP contribution >= 0.6 is 11.3 Å². The molecule has 13 heteroatoms. The molecule has 42 heavy (non-hydrogen) atoms. The van der Waals surface area contributed by atoms with Gasteiger partial charge in [0.25, 0.3) is 5.91 Å². The van der Waals surface area contributed by atoms with Gasteiger partial charge in [0.2, 0.25) is 10.0 Å². The minimum atomic E-state index is -3.82. The monoisotopic (exact) mass is 609 g/mol. The number of para-hydroxylation sites is 1. The van der Waals surface area contributed by atoms with E-state index in [9.17, 15) is 18.0 Å². The van der Waals surface area contributed by atoms with Crippen molar-refractivity contribution in [3.05, 3.63) is 78.1 Å². The lowest BCUT2D eigenvalue weighted by Gasteiger charge is -2.33. The molecule has 2 aromatic heterocycles. The van der Waals surface area contributed by atoms with E-state index in [1.54, 1.807) is 30.3 Å². The summed E-state index contributed by atoms with van der Waals surface area (Å²) in [6.45, 7) is 5.39. The lowest BCUT2D eigenvalue weighted by Crippen LogP contribution is -2.50. The number of benzene rings is 2. The number of pyridine rings is 1. The number of sulfonamides is 1. The van der Waals surface area contributed by atoms with E-state index in [-0.39, 0.29) is 50.1 Å². The van der Waals surface area contributed by atoms with E-state index in [1.807, 2.05) is 31.2 Å². The SMILES string of the molecule is CCOC(=O)N1CCN(S(=O)(=O)c2ccc(C(=O)N(Cc3cccnc3)c3nc4c(OCC)cccc4s3)cc2)CC1. The van der Waals surface area contributed by atoms with Crippen LogP contribution in [0.5, 0.6) is 5.75 Å². The summed E-state index contributed by atoms with van der Waals surface area (Å²) in [5.41, 5.74) is 1.80. The molecule has 5 rings (SSSR count). The molecule has 2 amide bonds. The Hall–Kier alpha value is -4.07. The van der Waals surface area contributed by atoms with Crippen molar-refractivity contribution < 1.29 is 27.5 Å². The van der Waals surface area contributed by atoms with Crippen LogP contribution in [0.25, 0.3) is 10.2 Å². The predicted molar refractivity (Wildman–Crippen MR) is 159 cm³/mol. The van der Waals surface area contributed by atoms with Gasteiger partial charge < -0.3 is 14.4 Å². The van der Waals surface area contributed by atoms with E-state index in [1.165, 1.54) is 44.8 Å². The number of piperazine rings is 1. The number of amides is 2. The minimum absolute atomic E-state index is 0.0730. The summed E-state index contributed by atoms with van der Waals surface area (Å²) in [6.07, 6.45) is 2.91. The van der Waals surface area contributed by atoms with Gasteiger partial charge in [-0.2, -0.15) is 4.31 Å². The molecule has 4 aromatic rings. The quantitative estimate of drug-likeness (QED) is 0.274. The Kier molecular flexibility index (Phi) is 9.00. The zero-order valence-electron chi connectivity index (χ0n) is 23.3. The molecule has 3 heterocycles. The minimum Gasteiger partial charge on any atom is -0.492 e. The number of nitrogens with zero attached hydrogens (tertiary/aromatic N) is 5. The molecule has 0 bridgehead atoms. The summed E-state index contributed by atoms with van der Waals surface area (Å²) in [6, 6.07) is 15.2. The molecule has 1 saturated heterocycles.